The molecule has 0 saturated carbocycles. The second-order valence-electron chi connectivity index (χ2n) is 6.49. The molecule has 2 nitrogen and oxygen atoms in total. The van der Waals surface area contributed by atoms with Crippen molar-refractivity contribution in [2.45, 2.75) is 51.9 Å². The highest BCUT2D eigenvalue weighted by Gasteiger charge is 2.06. The average Bonchev–Trinajstić information content (AvgIpc) is 2.59. The molecule has 2 aromatic carbocycles. The number of fused-ring (bicyclic) bond motifs is 1. The van der Waals surface area contributed by atoms with Crippen LogP contribution in [0.3, 0.4) is 0 Å². The summed E-state index contributed by atoms with van der Waals surface area (Å²) in [5, 5.41) is 6.13. The normalized spacial score (nSPS) is 12.5. The summed E-state index contributed by atoms with van der Waals surface area (Å²) in [5.41, 5.74) is 1.40. The Kier molecular flexibility index (Phi) is 7.41. The fourth-order valence-electron chi connectivity index (χ4n) is 2.97. The second kappa shape index (κ2) is 9.57. The van der Waals surface area contributed by atoms with Crippen molar-refractivity contribution in [1.29, 1.82) is 0 Å². The first-order valence-electron chi connectivity index (χ1n) is 9.03. The molecule has 1 unspecified atom stereocenters. The summed E-state index contributed by atoms with van der Waals surface area (Å²) >= 11 is 0. The molecule has 2 rings (SSSR count). The van der Waals surface area contributed by atoms with Gasteiger partial charge in [0.25, 0.3) is 0 Å². The van der Waals surface area contributed by atoms with E-state index in [-0.39, 0.29) is 0 Å². The number of rotatable bonds is 10. The minimum Gasteiger partial charge on any atom is -0.497 e. The molecule has 0 heterocycles. The van der Waals surface area contributed by atoms with E-state index in [1.807, 2.05) is 6.07 Å². The lowest BCUT2D eigenvalue weighted by Gasteiger charge is -2.14. The van der Waals surface area contributed by atoms with Gasteiger partial charge in [0.15, 0.2) is 0 Å². The van der Waals surface area contributed by atoms with Crippen LogP contribution in [0.5, 0.6) is 5.75 Å². The van der Waals surface area contributed by atoms with Gasteiger partial charge in [-0.15, -0.1) is 0 Å². The lowest BCUT2D eigenvalue weighted by Crippen LogP contribution is -2.21. The zero-order valence-electron chi connectivity index (χ0n) is 14.9. The molecule has 2 heteroatoms. The number of methoxy groups -OCH3 is 1. The minimum atomic E-state index is 0.539. The van der Waals surface area contributed by atoms with Crippen LogP contribution in [0, 0.1) is 0 Å². The van der Waals surface area contributed by atoms with E-state index in [4.69, 9.17) is 4.74 Å². The third-order valence-electron chi connectivity index (χ3n) is 4.55. The summed E-state index contributed by atoms with van der Waals surface area (Å²) in [6.07, 6.45) is 6.72. The van der Waals surface area contributed by atoms with Crippen LogP contribution in [0.15, 0.2) is 36.4 Å². The van der Waals surface area contributed by atoms with E-state index >= 15 is 0 Å². The molecule has 0 saturated heterocycles. The molecular formula is C21H31NO. The highest BCUT2D eigenvalue weighted by molar-refractivity contribution is 5.84. The Bertz CT molecular complexity index is 593. The van der Waals surface area contributed by atoms with E-state index in [0.717, 1.165) is 18.8 Å². The second-order valence-corrected chi connectivity index (χ2v) is 6.49. The smallest absolute Gasteiger partial charge is 0.119 e. The monoisotopic (exact) mass is 313 g/mol. The Morgan fingerprint density at radius 1 is 0.957 bits per heavy atom. The summed E-state index contributed by atoms with van der Waals surface area (Å²) in [7, 11) is 1.71. The summed E-state index contributed by atoms with van der Waals surface area (Å²) in [4.78, 5) is 0. The average molecular weight is 313 g/mol. The third-order valence-corrected chi connectivity index (χ3v) is 4.55. The zero-order valence-corrected chi connectivity index (χ0v) is 14.9. The van der Waals surface area contributed by atoms with Crippen LogP contribution in [0.25, 0.3) is 10.8 Å². The van der Waals surface area contributed by atoms with Crippen molar-refractivity contribution < 1.29 is 4.74 Å². The lowest BCUT2D eigenvalue weighted by atomic mass is 9.97. The maximum absolute atomic E-state index is 5.29. The van der Waals surface area contributed by atoms with Crippen LogP contribution in [-0.4, -0.2) is 20.2 Å². The van der Waals surface area contributed by atoms with E-state index in [2.05, 4.69) is 49.5 Å². The van der Waals surface area contributed by atoms with Gasteiger partial charge >= 0.3 is 0 Å². The number of unbranched alkanes of at least 4 members (excludes halogenated alkanes) is 4. The number of benzene rings is 2. The lowest BCUT2D eigenvalue weighted by molar-refractivity contribution is 0.415. The van der Waals surface area contributed by atoms with Gasteiger partial charge in [-0.1, -0.05) is 63.8 Å². The number of nitrogens with one attached hydrogen (secondary N) is 1. The molecule has 0 spiro atoms. The van der Waals surface area contributed by atoms with Gasteiger partial charge in [0, 0.05) is 6.54 Å². The van der Waals surface area contributed by atoms with Crippen LogP contribution < -0.4 is 10.1 Å². The van der Waals surface area contributed by atoms with E-state index in [9.17, 15) is 0 Å². The highest BCUT2D eigenvalue weighted by atomic mass is 16.5. The molecular weight excluding hydrogens is 282 g/mol. The Balaban J connectivity index is 1.82. The largest absolute Gasteiger partial charge is 0.497 e. The van der Waals surface area contributed by atoms with Gasteiger partial charge in [0.1, 0.15) is 5.75 Å². The Hall–Kier alpha value is -1.54. The molecule has 0 radical (unpaired) electrons. The van der Waals surface area contributed by atoms with Crippen molar-refractivity contribution in [2.75, 3.05) is 20.2 Å². The molecule has 0 amide bonds. The fourth-order valence-corrected chi connectivity index (χ4v) is 2.97. The highest BCUT2D eigenvalue weighted by Crippen LogP contribution is 2.24. The van der Waals surface area contributed by atoms with Gasteiger partial charge in [-0.25, -0.2) is 0 Å². The molecule has 0 aliphatic rings. The summed E-state index contributed by atoms with van der Waals surface area (Å²) in [6.45, 7) is 6.75. The van der Waals surface area contributed by atoms with Crippen molar-refractivity contribution in [2.24, 2.45) is 0 Å². The molecule has 126 valence electrons. The fraction of sp³-hybridized carbons (Fsp3) is 0.524. The Morgan fingerprint density at radius 3 is 2.48 bits per heavy atom. The Morgan fingerprint density at radius 2 is 1.70 bits per heavy atom. The summed E-state index contributed by atoms with van der Waals surface area (Å²) in [5.74, 6) is 1.46. The standard InChI is InChI=1S/C21H31NO/c1-4-5-6-7-8-13-22-16-17(2)18-9-10-20-15-21(23-3)12-11-19(20)14-18/h9-12,14-15,17,22H,4-8,13,16H2,1-3H3. The topological polar surface area (TPSA) is 21.3 Å². The number of hydrogen-bond donors (Lipinski definition) is 1. The maximum Gasteiger partial charge on any atom is 0.119 e. The van der Waals surface area contributed by atoms with Gasteiger partial charge in [-0.3, -0.25) is 0 Å². The van der Waals surface area contributed by atoms with E-state index in [1.165, 1.54) is 48.4 Å². The van der Waals surface area contributed by atoms with Gasteiger partial charge < -0.3 is 10.1 Å². The summed E-state index contributed by atoms with van der Waals surface area (Å²) in [6, 6.07) is 13.0. The van der Waals surface area contributed by atoms with Crippen LogP contribution in [0.2, 0.25) is 0 Å². The first-order valence-corrected chi connectivity index (χ1v) is 9.03. The van der Waals surface area contributed by atoms with Crippen molar-refractivity contribution in [3.8, 4) is 5.75 Å². The number of ether oxygens (including phenoxy) is 1. The molecule has 0 bridgehead atoms. The van der Waals surface area contributed by atoms with Gasteiger partial charge in [-0.2, -0.15) is 0 Å². The van der Waals surface area contributed by atoms with Crippen LogP contribution in [-0.2, 0) is 0 Å². The molecule has 0 aliphatic heterocycles. The van der Waals surface area contributed by atoms with Gasteiger partial charge in [0.2, 0.25) is 0 Å². The minimum absolute atomic E-state index is 0.539. The quantitative estimate of drug-likeness (QED) is 0.584. The van der Waals surface area contributed by atoms with Gasteiger partial charge in [-0.05, 0) is 47.4 Å². The molecule has 1 atom stereocenters. The SMILES string of the molecule is CCCCCCCNCC(C)c1ccc2cc(OC)ccc2c1. The van der Waals surface area contributed by atoms with E-state index in [1.54, 1.807) is 7.11 Å². The van der Waals surface area contributed by atoms with E-state index in [0.29, 0.717) is 5.92 Å². The van der Waals surface area contributed by atoms with E-state index < -0.39 is 0 Å². The Labute approximate surface area is 141 Å². The molecule has 0 fully saturated rings. The molecule has 0 aliphatic carbocycles. The summed E-state index contributed by atoms with van der Waals surface area (Å²) < 4.78 is 5.29. The van der Waals surface area contributed by atoms with Gasteiger partial charge in [0.05, 0.1) is 7.11 Å². The first-order chi connectivity index (χ1) is 11.2. The predicted molar refractivity (Wildman–Crippen MR) is 101 cm³/mol. The maximum atomic E-state index is 5.29. The van der Waals surface area contributed by atoms with Crippen LogP contribution in [0.1, 0.15) is 57.4 Å². The first kappa shape index (κ1) is 17.8. The van der Waals surface area contributed by atoms with Crippen molar-refractivity contribution >= 4 is 10.8 Å². The molecule has 1 N–H and O–H groups in total. The molecule has 23 heavy (non-hydrogen) atoms. The number of hydrogen-bond acceptors (Lipinski definition) is 2. The predicted octanol–water partition coefficient (Wildman–Crippen LogP) is 5.51. The van der Waals surface area contributed by atoms with Crippen molar-refractivity contribution in [1.82, 2.24) is 5.32 Å². The molecule has 2 aromatic rings. The van der Waals surface area contributed by atoms with Crippen molar-refractivity contribution in [3.05, 3.63) is 42.0 Å². The molecule has 0 aromatic heterocycles. The van der Waals surface area contributed by atoms with Crippen molar-refractivity contribution in [3.63, 3.8) is 0 Å². The van der Waals surface area contributed by atoms with Crippen LogP contribution in [0.4, 0.5) is 0 Å². The third kappa shape index (κ3) is 5.54. The zero-order chi connectivity index (χ0) is 16.5. The van der Waals surface area contributed by atoms with Crippen LogP contribution >= 0.6 is 0 Å².